The number of aliphatic carboxylic acids is 2. The molecule has 3 atom stereocenters. The molecule has 1 fully saturated rings. The molecule has 2 aliphatic rings. The maximum absolute atomic E-state index is 13.2. The summed E-state index contributed by atoms with van der Waals surface area (Å²) in [7, 11) is 0. The van der Waals surface area contributed by atoms with Crippen molar-refractivity contribution in [2.75, 3.05) is 11.5 Å². The third-order valence-electron chi connectivity index (χ3n) is 6.23. The van der Waals surface area contributed by atoms with E-state index in [2.05, 4.69) is 20.4 Å². The van der Waals surface area contributed by atoms with Crippen LogP contribution in [0.15, 0.2) is 53.1 Å². The van der Waals surface area contributed by atoms with Crippen molar-refractivity contribution in [2.45, 2.75) is 31.0 Å². The van der Waals surface area contributed by atoms with Crippen molar-refractivity contribution in [3.63, 3.8) is 0 Å². The molecule has 1 unspecified atom stereocenters. The number of β-lactam (4-membered cyclic amide) rings is 1. The molecule has 0 radical (unpaired) electrons. The lowest BCUT2D eigenvalue weighted by Gasteiger charge is -2.50. The number of carbonyl (C=O) groups excluding carboxylic acids is 3. The zero-order valence-corrected chi connectivity index (χ0v) is 23.4. The quantitative estimate of drug-likeness (QED) is 0.121. The normalized spacial score (nSPS) is 19.4. The fourth-order valence-corrected chi connectivity index (χ4v) is 6.54. The first-order valence-corrected chi connectivity index (χ1v) is 14.1. The lowest BCUT2D eigenvalue weighted by molar-refractivity contribution is -0.663. The van der Waals surface area contributed by atoms with Gasteiger partial charge in [0.05, 0.1) is 11.7 Å². The van der Waals surface area contributed by atoms with Crippen molar-refractivity contribution < 1.29 is 38.8 Å². The average Bonchev–Trinajstić information content (AvgIpc) is 3.28. The van der Waals surface area contributed by atoms with Crippen LogP contribution in [0.3, 0.4) is 0 Å². The Morgan fingerprint density at radius 2 is 2.17 bits per heavy atom. The predicted octanol–water partition coefficient (Wildman–Crippen LogP) is -0.488. The van der Waals surface area contributed by atoms with Crippen molar-refractivity contribution in [2.24, 2.45) is 5.16 Å². The van der Waals surface area contributed by atoms with Gasteiger partial charge < -0.3 is 30.9 Å². The summed E-state index contributed by atoms with van der Waals surface area (Å²) in [6.45, 7) is 1.37. The minimum absolute atomic E-state index is 0.00969. The SMILES string of the molecule is C[C@H](O/N=C(\C(=O)N[C@@H]1C(=O)N2C(C(=O)[O-])=C(C[n+]3cccc4ncccc43)CSC12)c1nc(N)sc1Cl)C(=O)O. The molecule has 5 heterocycles. The molecule has 3 aromatic rings. The highest BCUT2D eigenvalue weighted by Gasteiger charge is 2.53. The molecule has 3 aromatic heterocycles. The number of halogens is 1. The molecule has 2 aliphatic heterocycles. The van der Waals surface area contributed by atoms with E-state index < -0.39 is 47.0 Å². The number of nitrogens with two attached hydrogens (primary N) is 1. The third-order valence-corrected chi connectivity index (χ3v) is 8.65. The largest absolute Gasteiger partial charge is 0.543 e. The van der Waals surface area contributed by atoms with Crippen LogP contribution in [0.5, 0.6) is 0 Å². The topological polar surface area (TPSA) is 204 Å². The van der Waals surface area contributed by atoms with Gasteiger partial charge in [0.2, 0.25) is 11.6 Å². The Morgan fingerprint density at radius 3 is 2.85 bits per heavy atom. The highest BCUT2D eigenvalue weighted by Crippen LogP contribution is 2.40. The minimum atomic E-state index is -1.52. The van der Waals surface area contributed by atoms with Gasteiger partial charge in [0.25, 0.3) is 11.8 Å². The molecular weight excluding hydrogens is 598 g/mol. The van der Waals surface area contributed by atoms with Crippen molar-refractivity contribution in [1.29, 1.82) is 0 Å². The van der Waals surface area contributed by atoms with Crippen molar-refractivity contribution in [1.82, 2.24) is 20.2 Å². The predicted molar refractivity (Wildman–Crippen MR) is 145 cm³/mol. The average molecular weight is 618 g/mol. The number of rotatable bonds is 9. The van der Waals surface area contributed by atoms with Gasteiger partial charge >= 0.3 is 5.97 Å². The summed E-state index contributed by atoms with van der Waals surface area (Å²) in [6, 6.07) is 6.10. The highest BCUT2D eigenvalue weighted by molar-refractivity contribution is 8.00. The van der Waals surface area contributed by atoms with E-state index in [1.165, 1.54) is 18.7 Å². The summed E-state index contributed by atoms with van der Waals surface area (Å²) in [4.78, 5) is 64.0. The van der Waals surface area contributed by atoms with E-state index >= 15 is 0 Å². The summed E-state index contributed by atoms with van der Waals surface area (Å²) in [5, 5.41) is 26.7. The fraction of sp³-hybridized carbons (Fsp3) is 0.250. The number of carboxylic acids is 2. The van der Waals surface area contributed by atoms with Crippen LogP contribution >= 0.6 is 34.7 Å². The number of carbonyl (C=O) groups is 4. The molecule has 1 saturated heterocycles. The second kappa shape index (κ2) is 11.3. The van der Waals surface area contributed by atoms with Gasteiger partial charge in [-0.05, 0) is 19.1 Å². The number of aromatic nitrogens is 3. The van der Waals surface area contributed by atoms with E-state index in [9.17, 15) is 24.3 Å². The molecule has 41 heavy (non-hydrogen) atoms. The molecule has 2 amide bonds. The van der Waals surface area contributed by atoms with Gasteiger partial charge in [-0.1, -0.05) is 28.1 Å². The maximum Gasteiger partial charge on any atom is 0.347 e. The number of thiazole rings is 1. The van der Waals surface area contributed by atoms with E-state index in [0.29, 0.717) is 5.57 Å². The molecule has 0 aromatic carbocycles. The van der Waals surface area contributed by atoms with Crippen LogP contribution < -0.4 is 20.7 Å². The Balaban J connectivity index is 1.39. The Bertz CT molecular complexity index is 1650. The van der Waals surface area contributed by atoms with Crippen molar-refractivity contribution in [3.05, 3.63) is 58.0 Å². The molecule has 0 bridgehead atoms. The Hall–Kier alpha value is -4.28. The summed E-state index contributed by atoms with van der Waals surface area (Å²) in [5.41, 5.74) is 6.70. The standard InChI is InChI=1S/C24H20ClN7O7S2/c1-10(22(35)36)39-30-15(14-18(25)41-24(26)29-14)19(33)28-16-20(34)32-17(23(37)38)11(9-40-21(16)32)8-31-7-3-4-12-13(31)5-2-6-27-12/h2-7,10,16,21H,8-9H2,1H3,(H4-,26,28,29,33,35,36,37,38)/b30-15-/t10-,16+,21?/m0/s1. The first kappa shape index (κ1) is 28.3. The molecular formula is C24H20ClN7O7S2. The zero-order valence-electron chi connectivity index (χ0n) is 21.0. The molecule has 17 heteroatoms. The first-order chi connectivity index (χ1) is 19.6. The van der Waals surface area contributed by atoms with Crippen LogP contribution in [0.25, 0.3) is 11.0 Å². The van der Waals surface area contributed by atoms with Crippen LogP contribution in [0.1, 0.15) is 12.6 Å². The van der Waals surface area contributed by atoms with Crippen molar-refractivity contribution in [3.8, 4) is 0 Å². The molecule has 0 spiro atoms. The number of pyridine rings is 2. The number of carboxylic acid groups (broad SMARTS) is 2. The van der Waals surface area contributed by atoms with E-state index in [-0.39, 0.29) is 33.2 Å². The Kier molecular flexibility index (Phi) is 7.79. The van der Waals surface area contributed by atoms with Crippen LogP contribution in [0.2, 0.25) is 4.34 Å². The lowest BCUT2D eigenvalue weighted by Crippen LogP contribution is -2.71. The van der Waals surface area contributed by atoms with E-state index in [1.807, 2.05) is 16.7 Å². The number of amides is 2. The van der Waals surface area contributed by atoms with Crippen LogP contribution in [0.4, 0.5) is 5.13 Å². The number of anilines is 1. The van der Waals surface area contributed by atoms with E-state index in [0.717, 1.165) is 27.3 Å². The second-order valence-electron chi connectivity index (χ2n) is 8.84. The number of oxime groups is 1. The second-order valence-corrected chi connectivity index (χ2v) is 11.6. The third kappa shape index (κ3) is 5.40. The number of nitrogens with zero attached hydrogens (tertiary/aromatic N) is 5. The number of hydrogen-bond donors (Lipinski definition) is 3. The lowest BCUT2D eigenvalue weighted by atomic mass is 10.0. The van der Waals surface area contributed by atoms with Gasteiger partial charge in [0.15, 0.2) is 23.6 Å². The molecule has 0 saturated carbocycles. The summed E-state index contributed by atoms with van der Waals surface area (Å²) >= 11 is 8.25. The molecule has 5 rings (SSSR count). The maximum atomic E-state index is 13.2. The number of fused-ring (bicyclic) bond motifs is 2. The van der Waals surface area contributed by atoms with Gasteiger partial charge in [-0.15, -0.1) is 11.8 Å². The minimum Gasteiger partial charge on any atom is -0.543 e. The Morgan fingerprint density at radius 1 is 1.39 bits per heavy atom. The van der Waals surface area contributed by atoms with Crippen LogP contribution in [-0.2, 0) is 30.6 Å². The molecule has 0 aliphatic carbocycles. The fourth-order valence-electron chi connectivity index (χ4n) is 4.28. The summed E-state index contributed by atoms with van der Waals surface area (Å²) in [6.07, 6.45) is 2.03. The highest BCUT2D eigenvalue weighted by atomic mass is 35.5. The molecule has 14 nitrogen and oxygen atoms in total. The van der Waals surface area contributed by atoms with Gasteiger partial charge in [0.1, 0.15) is 27.0 Å². The van der Waals surface area contributed by atoms with Crippen molar-refractivity contribution >= 4 is 80.3 Å². The van der Waals surface area contributed by atoms with Gasteiger partial charge in [-0.25, -0.2) is 14.8 Å². The molecule has 4 N–H and O–H groups in total. The first-order valence-electron chi connectivity index (χ1n) is 11.9. The van der Waals surface area contributed by atoms with Crippen LogP contribution in [-0.4, -0.2) is 72.7 Å². The number of nitrogens with one attached hydrogen (secondary N) is 1. The molecule has 212 valence electrons. The van der Waals surface area contributed by atoms with E-state index in [4.69, 9.17) is 27.3 Å². The number of nitrogen functional groups attached to an aromatic ring is 1. The van der Waals surface area contributed by atoms with Gasteiger partial charge in [-0.3, -0.25) is 14.5 Å². The number of hydrogen-bond acceptors (Lipinski definition) is 12. The summed E-state index contributed by atoms with van der Waals surface area (Å²) < 4.78 is 1.82. The zero-order chi connectivity index (χ0) is 29.4. The van der Waals surface area contributed by atoms with Gasteiger partial charge in [-0.2, -0.15) is 4.57 Å². The van der Waals surface area contributed by atoms with Crippen LogP contribution in [0, 0.1) is 0 Å². The monoisotopic (exact) mass is 617 g/mol. The van der Waals surface area contributed by atoms with Gasteiger partial charge in [0, 0.05) is 29.7 Å². The number of thioether (sulfide) groups is 1. The summed E-state index contributed by atoms with van der Waals surface area (Å²) in [5.74, 6) is -4.25. The van der Waals surface area contributed by atoms with E-state index in [1.54, 1.807) is 24.5 Å². The smallest absolute Gasteiger partial charge is 0.347 e. The Labute approximate surface area is 244 Å².